The van der Waals surface area contributed by atoms with Gasteiger partial charge >= 0.3 is 0 Å². The van der Waals surface area contributed by atoms with E-state index in [0.717, 1.165) is 10.6 Å². The van der Waals surface area contributed by atoms with Crippen molar-refractivity contribution >= 4 is 22.9 Å². The van der Waals surface area contributed by atoms with Gasteiger partial charge in [-0.2, -0.15) is 0 Å². The molecule has 2 aromatic rings. The molecule has 2 rings (SSSR count). The number of hydrogen-bond acceptors (Lipinski definition) is 3. The number of rotatable bonds is 2. The van der Waals surface area contributed by atoms with E-state index in [1.165, 1.54) is 11.3 Å². The fourth-order valence-corrected chi connectivity index (χ4v) is 2.45. The molecular formula is C15H14N2OS. The summed E-state index contributed by atoms with van der Waals surface area (Å²) in [7, 11) is 1.77. The van der Waals surface area contributed by atoms with Gasteiger partial charge in [-0.1, -0.05) is 30.0 Å². The Labute approximate surface area is 116 Å². The SMILES string of the molecule is CN(C(=O)c1ccc(C#CCN)s1)c1ccccc1. The molecule has 0 radical (unpaired) electrons. The van der Waals surface area contributed by atoms with Gasteiger partial charge < -0.3 is 10.6 Å². The first-order valence-electron chi connectivity index (χ1n) is 5.84. The van der Waals surface area contributed by atoms with Crippen LogP contribution < -0.4 is 10.6 Å². The summed E-state index contributed by atoms with van der Waals surface area (Å²) in [6.45, 7) is 0.325. The summed E-state index contributed by atoms with van der Waals surface area (Å²) in [5.74, 6) is 5.68. The lowest BCUT2D eigenvalue weighted by molar-refractivity contribution is 0.0997. The van der Waals surface area contributed by atoms with Gasteiger partial charge in [-0.05, 0) is 24.3 Å². The van der Waals surface area contributed by atoms with E-state index in [0.29, 0.717) is 11.4 Å². The highest BCUT2D eigenvalue weighted by Crippen LogP contribution is 2.20. The molecule has 0 aliphatic heterocycles. The summed E-state index contributed by atoms with van der Waals surface area (Å²) >= 11 is 1.38. The number of para-hydroxylation sites is 1. The largest absolute Gasteiger partial charge is 0.320 e. The van der Waals surface area contributed by atoms with Crippen molar-refractivity contribution in [2.75, 3.05) is 18.5 Å². The smallest absolute Gasteiger partial charge is 0.268 e. The van der Waals surface area contributed by atoms with Crippen molar-refractivity contribution in [3.63, 3.8) is 0 Å². The number of carbonyl (C=O) groups is 1. The molecule has 1 aromatic carbocycles. The Morgan fingerprint density at radius 2 is 2.00 bits per heavy atom. The van der Waals surface area contributed by atoms with E-state index in [2.05, 4.69) is 11.8 Å². The molecule has 0 unspecified atom stereocenters. The molecule has 1 aromatic heterocycles. The number of thiophene rings is 1. The fourth-order valence-electron chi connectivity index (χ4n) is 1.59. The molecule has 0 atom stereocenters. The Morgan fingerprint density at radius 1 is 1.26 bits per heavy atom. The number of hydrogen-bond donors (Lipinski definition) is 1. The van der Waals surface area contributed by atoms with Crippen LogP contribution in [0.1, 0.15) is 14.5 Å². The zero-order valence-corrected chi connectivity index (χ0v) is 11.4. The zero-order chi connectivity index (χ0) is 13.7. The molecule has 0 aliphatic carbocycles. The Balaban J connectivity index is 2.18. The summed E-state index contributed by atoms with van der Waals surface area (Å²) in [5.41, 5.74) is 6.19. The maximum atomic E-state index is 12.3. The molecule has 96 valence electrons. The summed E-state index contributed by atoms with van der Waals surface area (Å²) in [6, 6.07) is 13.2. The number of nitrogens with zero attached hydrogens (tertiary/aromatic N) is 1. The second-order valence-corrected chi connectivity index (χ2v) is 4.95. The number of carbonyl (C=O) groups excluding carboxylic acids is 1. The molecule has 0 aliphatic rings. The molecular weight excluding hydrogens is 256 g/mol. The molecule has 0 saturated heterocycles. The first kappa shape index (κ1) is 13.3. The van der Waals surface area contributed by atoms with E-state index in [4.69, 9.17) is 5.73 Å². The molecule has 1 amide bonds. The van der Waals surface area contributed by atoms with Gasteiger partial charge in [-0.25, -0.2) is 0 Å². The van der Waals surface area contributed by atoms with Crippen LogP contribution >= 0.6 is 11.3 Å². The maximum Gasteiger partial charge on any atom is 0.268 e. The Bertz CT molecular complexity index is 622. The van der Waals surface area contributed by atoms with E-state index in [1.807, 2.05) is 36.4 Å². The van der Waals surface area contributed by atoms with Crippen LogP contribution in [0.25, 0.3) is 0 Å². The molecule has 1 heterocycles. The number of nitrogens with two attached hydrogens (primary N) is 1. The number of benzene rings is 1. The molecule has 0 spiro atoms. The summed E-state index contributed by atoms with van der Waals surface area (Å²) < 4.78 is 0. The van der Waals surface area contributed by atoms with Crippen LogP contribution in [0.2, 0.25) is 0 Å². The molecule has 2 N–H and O–H groups in total. The minimum Gasteiger partial charge on any atom is -0.320 e. The Morgan fingerprint density at radius 3 is 2.68 bits per heavy atom. The third kappa shape index (κ3) is 3.22. The monoisotopic (exact) mass is 270 g/mol. The molecule has 0 saturated carbocycles. The van der Waals surface area contributed by atoms with Crippen LogP contribution in [0.15, 0.2) is 42.5 Å². The van der Waals surface area contributed by atoms with Crippen molar-refractivity contribution in [1.82, 2.24) is 0 Å². The standard InChI is InChI=1S/C15H14N2OS/c1-17(12-6-3-2-4-7-12)15(18)14-10-9-13(19-14)8-5-11-16/h2-4,6-7,9-10H,11,16H2,1H3. The number of anilines is 1. The first-order chi connectivity index (χ1) is 9.22. The first-order valence-corrected chi connectivity index (χ1v) is 6.66. The topological polar surface area (TPSA) is 46.3 Å². The van der Waals surface area contributed by atoms with Crippen LogP contribution in [-0.4, -0.2) is 19.5 Å². The van der Waals surface area contributed by atoms with Crippen molar-refractivity contribution in [1.29, 1.82) is 0 Å². The summed E-state index contributed by atoms with van der Waals surface area (Å²) in [5, 5.41) is 0. The van der Waals surface area contributed by atoms with Crippen molar-refractivity contribution in [3.8, 4) is 11.8 Å². The molecule has 3 nitrogen and oxygen atoms in total. The van der Waals surface area contributed by atoms with Crippen LogP contribution in [0.3, 0.4) is 0 Å². The average Bonchev–Trinajstić information content (AvgIpc) is 2.93. The van der Waals surface area contributed by atoms with Crippen LogP contribution in [0, 0.1) is 11.8 Å². The quantitative estimate of drug-likeness (QED) is 0.851. The van der Waals surface area contributed by atoms with Crippen LogP contribution in [-0.2, 0) is 0 Å². The maximum absolute atomic E-state index is 12.3. The highest BCUT2D eigenvalue weighted by atomic mass is 32.1. The molecule has 19 heavy (non-hydrogen) atoms. The third-order valence-electron chi connectivity index (χ3n) is 2.58. The Kier molecular flexibility index (Phi) is 4.35. The van der Waals surface area contributed by atoms with E-state index in [1.54, 1.807) is 18.0 Å². The lowest BCUT2D eigenvalue weighted by Gasteiger charge is -2.15. The minimum absolute atomic E-state index is 0.0306. The third-order valence-corrected chi connectivity index (χ3v) is 3.57. The molecule has 4 heteroatoms. The van der Waals surface area contributed by atoms with Gasteiger partial charge in [0.2, 0.25) is 0 Å². The highest BCUT2D eigenvalue weighted by molar-refractivity contribution is 7.14. The Hall–Kier alpha value is -2.09. The van der Waals surface area contributed by atoms with Gasteiger partial charge in [0.15, 0.2) is 0 Å². The van der Waals surface area contributed by atoms with Gasteiger partial charge in [-0.3, -0.25) is 4.79 Å². The lowest BCUT2D eigenvalue weighted by atomic mass is 10.3. The number of amides is 1. The second kappa shape index (κ2) is 6.19. The van der Waals surface area contributed by atoms with Crippen molar-refractivity contribution in [2.24, 2.45) is 5.73 Å². The van der Waals surface area contributed by atoms with Crippen molar-refractivity contribution in [2.45, 2.75) is 0 Å². The van der Waals surface area contributed by atoms with Crippen LogP contribution in [0.4, 0.5) is 5.69 Å². The normalized spacial score (nSPS) is 9.58. The molecule has 0 bridgehead atoms. The van der Waals surface area contributed by atoms with Crippen molar-refractivity contribution in [3.05, 3.63) is 52.2 Å². The predicted octanol–water partition coefficient (Wildman–Crippen LogP) is 2.33. The summed E-state index contributed by atoms with van der Waals surface area (Å²) in [6.07, 6.45) is 0. The average molecular weight is 270 g/mol. The van der Waals surface area contributed by atoms with E-state index in [9.17, 15) is 4.79 Å². The molecule has 0 fully saturated rings. The van der Waals surface area contributed by atoms with E-state index < -0.39 is 0 Å². The predicted molar refractivity (Wildman–Crippen MR) is 79.4 cm³/mol. The van der Waals surface area contributed by atoms with Crippen LogP contribution in [0.5, 0.6) is 0 Å². The van der Waals surface area contributed by atoms with Gasteiger partial charge in [-0.15, -0.1) is 11.3 Å². The van der Waals surface area contributed by atoms with Gasteiger partial charge in [0.05, 0.1) is 16.3 Å². The van der Waals surface area contributed by atoms with E-state index in [-0.39, 0.29) is 5.91 Å². The zero-order valence-electron chi connectivity index (χ0n) is 10.6. The second-order valence-electron chi connectivity index (χ2n) is 3.87. The van der Waals surface area contributed by atoms with Gasteiger partial charge in [0.25, 0.3) is 5.91 Å². The minimum atomic E-state index is -0.0306. The van der Waals surface area contributed by atoms with E-state index >= 15 is 0 Å². The fraction of sp³-hybridized carbons (Fsp3) is 0.133. The highest BCUT2D eigenvalue weighted by Gasteiger charge is 2.14. The summed E-state index contributed by atoms with van der Waals surface area (Å²) in [4.78, 5) is 15.5. The lowest BCUT2D eigenvalue weighted by Crippen LogP contribution is -2.25. The van der Waals surface area contributed by atoms with Crippen molar-refractivity contribution < 1.29 is 4.79 Å². The van der Waals surface area contributed by atoms with Gasteiger partial charge in [0.1, 0.15) is 0 Å². The van der Waals surface area contributed by atoms with Gasteiger partial charge in [0, 0.05) is 12.7 Å².